The third-order valence-electron chi connectivity index (χ3n) is 3.48. The van der Waals surface area contributed by atoms with Gasteiger partial charge in [-0.1, -0.05) is 0 Å². The van der Waals surface area contributed by atoms with Crippen molar-refractivity contribution in [3.8, 4) is 0 Å². The van der Waals surface area contributed by atoms with Crippen molar-refractivity contribution in [3.05, 3.63) is 0 Å². The zero-order chi connectivity index (χ0) is 15.6. The summed E-state index contributed by atoms with van der Waals surface area (Å²) in [5.74, 6) is -1.37. The number of alkyl carbamates (subject to hydrolysis) is 1. The van der Waals surface area contributed by atoms with Crippen molar-refractivity contribution >= 4 is 12.1 Å². The summed E-state index contributed by atoms with van der Waals surface area (Å²) in [6, 6.07) is -1.03. The maximum Gasteiger partial charge on any atom is 0.408 e. The van der Waals surface area contributed by atoms with Crippen molar-refractivity contribution < 1.29 is 23.8 Å². The van der Waals surface area contributed by atoms with E-state index in [1.165, 1.54) is 6.92 Å². The lowest BCUT2D eigenvalue weighted by atomic mass is 9.77. The molecule has 1 aliphatic carbocycles. The number of amides is 1. The van der Waals surface area contributed by atoms with Gasteiger partial charge < -0.3 is 15.2 Å². The quantitative estimate of drug-likeness (QED) is 0.837. The molecule has 116 valence electrons. The molecule has 1 rings (SSSR count). The minimum atomic E-state index is -1.23. The Morgan fingerprint density at radius 2 is 1.85 bits per heavy atom. The highest BCUT2D eigenvalue weighted by Crippen LogP contribution is 2.36. The van der Waals surface area contributed by atoms with Crippen LogP contribution in [0.5, 0.6) is 0 Å². The van der Waals surface area contributed by atoms with Gasteiger partial charge in [-0.3, -0.25) is 0 Å². The number of ether oxygens (including phenoxy) is 1. The summed E-state index contributed by atoms with van der Waals surface area (Å²) in [4.78, 5) is 23.0. The summed E-state index contributed by atoms with van der Waals surface area (Å²) in [5.41, 5.74) is -1.91. The van der Waals surface area contributed by atoms with E-state index in [-0.39, 0.29) is 5.92 Å². The molecule has 0 saturated heterocycles. The average molecular weight is 289 g/mol. The Labute approximate surface area is 118 Å². The van der Waals surface area contributed by atoms with E-state index >= 15 is 0 Å². The Morgan fingerprint density at radius 1 is 1.35 bits per heavy atom. The van der Waals surface area contributed by atoms with Crippen LogP contribution < -0.4 is 5.32 Å². The van der Waals surface area contributed by atoms with E-state index in [1.807, 2.05) is 0 Å². The molecule has 2 N–H and O–H groups in total. The third kappa shape index (κ3) is 5.35. The van der Waals surface area contributed by atoms with Crippen LogP contribution in [0.1, 0.15) is 53.4 Å². The lowest BCUT2D eigenvalue weighted by Gasteiger charge is -2.34. The standard InChI is InChI=1S/C14H24FNO4/c1-13(2,3)20-12(19)16-10(11(17)18)9-5-7-14(4,15)8-6-9/h9-10H,5-8H2,1-4H3,(H,16,19)(H,17,18)/t9?,10-,14?/m0/s1. The average Bonchev–Trinajstić information content (AvgIpc) is 2.23. The molecule has 0 aromatic rings. The highest BCUT2D eigenvalue weighted by molar-refractivity contribution is 5.80. The number of halogens is 1. The number of alkyl halides is 1. The van der Waals surface area contributed by atoms with E-state index in [0.717, 1.165) is 0 Å². The second-order valence-electron chi connectivity index (χ2n) is 6.71. The monoisotopic (exact) mass is 289 g/mol. The van der Waals surface area contributed by atoms with Crippen molar-refractivity contribution in [2.24, 2.45) is 5.92 Å². The maximum absolute atomic E-state index is 13.7. The molecule has 0 bridgehead atoms. The molecule has 20 heavy (non-hydrogen) atoms. The fourth-order valence-corrected chi connectivity index (χ4v) is 2.39. The first-order valence-corrected chi connectivity index (χ1v) is 6.91. The minimum absolute atomic E-state index is 0.260. The molecule has 1 atom stereocenters. The van der Waals surface area contributed by atoms with E-state index in [1.54, 1.807) is 20.8 Å². The Hall–Kier alpha value is -1.33. The second-order valence-corrected chi connectivity index (χ2v) is 6.71. The van der Waals surface area contributed by atoms with Gasteiger partial charge >= 0.3 is 12.1 Å². The molecule has 6 heteroatoms. The van der Waals surface area contributed by atoms with Crippen LogP contribution in [0.3, 0.4) is 0 Å². The van der Waals surface area contributed by atoms with Gasteiger partial charge in [-0.05, 0) is 59.3 Å². The van der Waals surface area contributed by atoms with Crippen LogP contribution >= 0.6 is 0 Å². The summed E-state index contributed by atoms with van der Waals surface area (Å²) in [6.07, 6.45) is 0.771. The lowest BCUT2D eigenvalue weighted by molar-refractivity contribution is -0.141. The molecule has 0 aromatic heterocycles. The first kappa shape index (κ1) is 16.7. The van der Waals surface area contributed by atoms with Crippen LogP contribution in [0, 0.1) is 5.92 Å². The van der Waals surface area contributed by atoms with Crippen molar-refractivity contribution in [2.45, 2.75) is 70.7 Å². The van der Waals surface area contributed by atoms with E-state index in [2.05, 4.69) is 5.32 Å². The van der Waals surface area contributed by atoms with Gasteiger partial charge in [0.1, 0.15) is 17.3 Å². The number of carboxylic acid groups (broad SMARTS) is 1. The fraction of sp³-hybridized carbons (Fsp3) is 0.857. The molecular formula is C14H24FNO4. The van der Waals surface area contributed by atoms with Crippen molar-refractivity contribution in [1.82, 2.24) is 5.32 Å². The van der Waals surface area contributed by atoms with Crippen LogP contribution in [0.4, 0.5) is 9.18 Å². The van der Waals surface area contributed by atoms with E-state index < -0.39 is 29.4 Å². The highest BCUT2D eigenvalue weighted by atomic mass is 19.1. The van der Waals surface area contributed by atoms with E-state index in [0.29, 0.717) is 25.7 Å². The molecule has 1 amide bonds. The Morgan fingerprint density at radius 3 is 2.25 bits per heavy atom. The molecule has 1 saturated carbocycles. The summed E-state index contributed by atoms with van der Waals surface area (Å²) >= 11 is 0. The van der Waals surface area contributed by atoms with E-state index in [4.69, 9.17) is 4.74 Å². The van der Waals surface area contributed by atoms with Gasteiger partial charge in [0.25, 0.3) is 0 Å². The van der Waals surface area contributed by atoms with Gasteiger partial charge in [-0.2, -0.15) is 0 Å². The molecule has 1 aliphatic rings. The Bertz CT molecular complexity index is 366. The zero-order valence-electron chi connectivity index (χ0n) is 12.5. The molecule has 0 spiro atoms. The molecule has 1 fully saturated rings. The van der Waals surface area contributed by atoms with Gasteiger partial charge in [0, 0.05) is 0 Å². The molecule has 0 aromatic carbocycles. The lowest BCUT2D eigenvalue weighted by Crippen LogP contribution is -2.49. The molecular weight excluding hydrogens is 265 g/mol. The predicted octanol–water partition coefficient (Wildman–Crippen LogP) is 2.88. The Kier molecular flexibility index (Phi) is 5.00. The normalized spacial score (nSPS) is 28.6. The highest BCUT2D eigenvalue weighted by Gasteiger charge is 2.38. The zero-order valence-corrected chi connectivity index (χ0v) is 12.5. The molecule has 5 nitrogen and oxygen atoms in total. The minimum Gasteiger partial charge on any atom is -0.480 e. The van der Waals surface area contributed by atoms with Crippen molar-refractivity contribution in [1.29, 1.82) is 0 Å². The van der Waals surface area contributed by atoms with Gasteiger partial charge in [-0.15, -0.1) is 0 Å². The number of aliphatic carboxylic acids is 1. The van der Waals surface area contributed by atoms with Crippen LogP contribution in [0.15, 0.2) is 0 Å². The number of carbonyl (C=O) groups is 2. The number of hydrogen-bond donors (Lipinski definition) is 2. The summed E-state index contributed by atoms with van der Waals surface area (Å²) in [6.45, 7) is 6.65. The maximum atomic E-state index is 13.7. The molecule has 0 aliphatic heterocycles. The summed E-state index contributed by atoms with van der Waals surface area (Å²) < 4.78 is 18.8. The smallest absolute Gasteiger partial charge is 0.408 e. The number of nitrogens with one attached hydrogen (secondary N) is 1. The van der Waals surface area contributed by atoms with Crippen LogP contribution in [-0.4, -0.2) is 34.5 Å². The summed E-state index contributed by atoms with van der Waals surface area (Å²) in [5, 5.41) is 11.6. The number of hydrogen-bond acceptors (Lipinski definition) is 3. The summed E-state index contributed by atoms with van der Waals surface area (Å²) in [7, 11) is 0. The molecule has 0 heterocycles. The predicted molar refractivity (Wildman–Crippen MR) is 72.3 cm³/mol. The molecule has 0 unspecified atom stereocenters. The van der Waals surface area contributed by atoms with Crippen LogP contribution in [-0.2, 0) is 9.53 Å². The van der Waals surface area contributed by atoms with E-state index in [9.17, 15) is 19.1 Å². The van der Waals surface area contributed by atoms with Gasteiger partial charge in [0.2, 0.25) is 0 Å². The first-order valence-electron chi connectivity index (χ1n) is 6.91. The fourth-order valence-electron chi connectivity index (χ4n) is 2.39. The van der Waals surface area contributed by atoms with Crippen molar-refractivity contribution in [2.75, 3.05) is 0 Å². The SMILES string of the molecule is CC1(F)CCC([C@H](NC(=O)OC(C)(C)C)C(=O)O)CC1. The number of carbonyl (C=O) groups excluding carboxylic acids is 1. The molecule has 0 radical (unpaired) electrons. The van der Waals surface area contributed by atoms with Crippen molar-refractivity contribution in [3.63, 3.8) is 0 Å². The third-order valence-corrected chi connectivity index (χ3v) is 3.48. The van der Waals surface area contributed by atoms with Gasteiger partial charge in [0.05, 0.1) is 0 Å². The van der Waals surface area contributed by atoms with Gasteiger partial charge in [-0.25, -0.2) is 14.0 Å². The second kappa shape index (κ2) is 5.97. The number of rotatable bonds is 3. The first-order chi connectivity index (χ1) is 9.00. The van der Waals surface area contributed by atoms with Crippen LogP contribution in [0.25, 0.3) is 0 Å². The largest absolute Gasteiger partial charge is 0.480 e. The van der Waals surface area contributed by atoms with Gasteiger partial charge in [0.15, 0.2) is 0 Å². The topological polar surface area (TPSA) is 75.6 Å². The van der Waals surface area contributed by atoms with Crippen LogP contribution in [0.2, 0.25) is 0 Å². The Balaban J connectivity index is 2.62. The number of carboxylic acids is 1.